The van der Waals surface area contributed by atoms with Gasteiger partial charge in [0, 0.05) is 34.2 Å². The third-order valence-electron chi connectivity index (χ3n) is 4.06. The van der Waals surface area contributed by atoms with Gasteiger partial charge in [0.25, 0.3) is 5.91 Å². The van der Waals surface area contributed by atoms with Crippen LogP contribution in [0, 0.1) is 5.82 Å². The molecule has 0 fully saturated rings. The number of fused-ring (bicyclic) bond motifs is 1. The predicted molar refractivity (Wildman–Crippen MR) is 104 cm³/mol. The molecule has 4 rings (SSSR count). The highest BCUT2D eigenvalue weighted by atomic mass is 19.1. The molecule has 0 unspecified atom stereocenters. The van der Waals surface area contributed by atoms with Gasteiger partial charge in [0.05, 0.1) is 5.52 Å². The average molecular weight is 358 g/mol. The highest BCUT2D eigenvalue weighted by Gasteiger charge is 2.07. The van der Waals surface area contributed by atoms with Gasteiger partial charge in [-0.15, -0.1) is 0 Å². The fourth-order valence-corrected chi connectivity index (χ4v) is 2.74. The lowest BCUT2D eigenvalue weighted by Gasteiger charge is -2.10. The summed E-state index contributed by atoms with van der Waals surface area (Å²) < 4.78 is 13.2. The molecule has 0 spiro atoms. The van der Waals surface area contributed by atoms with E-state index in [0.717, 1.165) is 22.3 Å². The predicted octanol–water partition coefficient (Wildman–Crippen LogP) is 4.76. The van der Waals surface area contributed by atoms with Crippen molar-refractivity contribution >= 4 is 33.9 Å². The molecule has 0 aliphatic rings. The zero-order valence-electron chi connectivity index (χ0n) is 14.2. The van der Waals surface area contributed by atoms with Gasteiger partial charge in [-0.1, -0.05) is 12.1 Å². The molecule has 0 aliphatic carbocycles. The Kier molecular flexibility index (Phi) is 4.45. The SMILES string of the molecule is O=C(Nc1ccc(Nc2cccc3ncncc23)cc1)c1cccc(F)c1. The Labute approximate surface area is 154 Å². The number of nitrogens with one attached hydrogen (secondary N) is 2. The molecule has 1 amide bonds. The van der Waals surface area contributed by atoms with Gasteiger partial charge in [0.15, 0.2) is 0 Å². The smallest absolute Gasteiger partial charge is 0.255 e. The molecule has 5 nitrogen and oxygen atoms in total. The fourth-order valence-electron chi connectivity index (χ4n) is 2.74. The van der Waals surface area contributed by atoms with Crippen LogP contribution in [0.5, 0.6) is 0 Å². The lowest BCUT2D eigenvalue weighted by atomic mass is 10.2. The minimum absolute atomic E-state index is 0.271. The van der Waals surface area contributed by atoms with Crippen molar-refractivity contribution in [2.75, 3.05) is 10.6 Å². The zero-order valence-corrected chi connectivity index (χ0v) is 14.2. The minimum Gasteiger partial charge on any atom is -0.355 e. The third-order valence-corrected chi connectivity index (χ3v) is 4.06. The Morgan fingerprint density at radius 1 is 0.926 bits per heavy atom. The molecule has 6 heteroatoms. The Bertz CT molecular complexity index is 1110. The molecule has 1 aromatic heterocycles. The van der Waals surface area contributed by atoms with Gasteiger partial charge >= 0.3 is 0 Å². The maximum Gasteiger partial charge on any atom is 0.255 e. The fraction of sp³-hybridized carbons (Fsp3) is 0. The average Bonchev–Trinajstić information content (AvgIpc) is 2.70. The molecule has 4 aromatic rings. The highest BCUT2D eigenvalue weighted by molar-refractivity contribution is 6.04. The lowest BCUT2D eigenvalue weighted by molar-refractivity contribution is 0.102. The lowest BCUT2D eigenvalue weighted by Crippen LogP contribution is -2.11. The van der Waals surface area contributed by atoms with Gasteiger partial charge in [0.2, 0.25) is 0 Å². The topological polar surface area (TPSA) is 66.9 Å². The number of benzene rings is 3. The van der Waals surface area contributed by atoms with Crippen molar-refractivity contribution in [1.29, 1.82) is 0 Å². The summed E-state index contributed by atoms with van der Waals surface area (Å²) in [5.74, 6) is -0.803. The number of hydrogen-bond donors (Lipinski definition) is 2. The summed E-state index contributed by atoms with van der Waals surface area (Å²) in [6, 6.07) is 18.6. The number of anilines is 3. The summed E-state index contributed by atoms with van der Waals surface area (Å²) in [7, 11) is 0. The van der Waals surface area contributed by atoms with E-state index in [1.54, 1.807) is 24.4 Å². The van der Waals surface area contributed by atoms with E-state index in [2.05, 4.69) is 20.6 Å². The maximum absolute atomic E-state index is 13.2. The van der Waals surface area contributed by atoms with E-state index in [1.807, 2.05) is 30.3 Å². The van der Waals surface area contributed by atoms with Crippen LogP contribution in [0.25, 0.3) is 10.9 Å². The monoisotopic (exact) mass is 358 g/mol. The van der Waals surface area contributed by atoms with Crippen LogP contribution in [0.3, 0.4) is 0 Å². The minimum atomic E-state index is -0.443. The van der Waals surface area contributed by atoms with Crippen LogP contribution < -0.4 is 10.6 Å². The normalized spacial score (nSPS) is 10.6. The Morgan fingerprint density at radius 3 is 2.52 bits per heavy atom. The number of carbonyl (C=O) groups excluding carboxylic acids is 1. The van der Waals surface area contributed by atoms with Gasteiger partial charge < -0.3 is 10.6 Å². The maximum atomic E-state index is 13.2. The summed E-state index contributed by atoms with van der Waals surface area (Å²) in [5, 5.41) is 7.00. The Morgan fingerprint density at radius 2 is 1.70 bits per heavy atom. The van der Waals surface area contributed by atoms with Gasteiger partial charge in [0.1, 0.15) is 12.1 Å². The second kappa shape index (κ2) is 7.21. The largest absolute Gasteiger partial charge is 0.355 e. The first-order valence-electron chi connectivity index (χ1n) is 8.32. The van der Waals surface area contributed by atoms with Crippen LogP contribution in [-0.4, -0.2) is 15.9 Å². The van der Waals surface area contributed by atoms with Crippen molar-refractivity contribution < 1.29 is 9.18 Å². The van der Waals surface area contributed by atoms with Gasteiger partial charge in [-0.05, 0) is 54.6 Å². The van der Waals surface area contributed by atoms with E-state index in [4.69, 9.17) is 0 Å². The van der Waals surface area contributed by atoms with E-state index in [0.29, 0.717) is 5.69 Å². The van der Waals surface area contributed by atoms with E-state index in [-0.39, 0.29) is 11.5 Å². The second-order valence-corrected chi connectivity index (χ2v) is 5.93. The molecule has 0 atom stereocenters. The van der Waals surface area contributed by atoms with E-state index in [9.17, 15) is 9.18 Å². The van der Waals surface area contributed by atoms with Crippen molar-refractivity contribution in [2.45, 2.75) is 0 Å². The number of nitrogens with zero attached hydrogens (tertiary/aromatic N) is 2. The molecule has 0 aliphatic heterocycles. The summed E-state index contributed by atoms with van der Waals surface area (Å²) in [6.45, 7) is 0. The van der Waals surface area contributed by atoms with E-state index < -0.39 is 5.82 Å². The van der Waals surface area contributed by atoms with E-state index >= 15 is 0 Å². The van der Waals surface area contributed by atoms with Crippen LogP contribution >= 0.6 is 0 Å². The van der Waals surface area contributed by atoms with Crippen LogP contribution in [-0.2, 0) is 0 Å². The van der Waals surface area contributed by atoms with Crippen LogP contribution in [0.15, 0.2) is 79.3 Å². The van der Waals surface area contributed by atoms with Crippen molar-refractivity contribution in [3.8, 4) is 0 Å². The number of hydrogen-bond acceptors (Lipinski definition) is 4. The molecule has 0 bridgehead atoms. The molecule has 3 aromatic carbocycles. The summed E-state index contributed by atoms with van der Waals surface area (Å²) in [4.78, 5) is 20.5. The number of halogens is 1. The molecule has 2 N–H and O–H groups in total. The molecule has 132 valence electrons. The quantitative estimate of drug-likeness (QED) is 0.552. The first-order chi connectivity index (χ1) is 13.2. The Balaban J connectivity index is 1.50. The van der Waals surface area contributed by atoms with Gasteiger partial charge in [-0.3, -0.25) is 4.79 Å². The first-order valence-corrected chi connectivity index (χ1v) is 8.32. The van der Waals surface area contributed by atoms with Crippen molar-refractivity contribution in [3.63, 3.8) is 0 Å². The summed E-state index contributed by atoms with van der Waals surface area (Å²) >= 11 is 0. The molecule has 0 saturated carbocycles. The molecule has 0 saturated heterocycles. The van der Waals surface area contributed by atoms with Crippen molar-refractivity contribution in [2.24, 2.45) is 0 Å². The number of rotatable bonds is 4. The van der Waals surface area contributed by atoms with Crippen LogP contribution in [0.4, 0.5) is 21.5 Å². The van der Waals surface area contributed by atoms with Crippen molar-refractivity contribution in [1.82, 2.24) is 9.97 Å². The first kappa shape index (κ1) is 16.7. The third kappa shape index (κ3) is 3.74. The zero-order chi connectivity index (χ0) is 18.6. The molecule has 27 heavy (non-hydrogen) atoms. The molecular formula is C21H15FN4O. The second-order valence-electron chi connectivity index (χ2n) is 5.93. The number of aromatic nitrogens is 2. The van der Waals surface area contributed by atoms with E-state index in [1.165, 1.54) is 24.5 Å². The molecular weight excluding hydrogens is 343 g/mol. The summed E-state index contributed by atoms with van der Waals surface area (Å²) in [5.41, 5.74) is 3.50. The Hall–Kier alpha value is -3.80. The number of carbonyl (C=O) groups is 1. The number of amides is 1. The molecule has 1 heterocycles. The van der Waals surface area contributed by atoms with Gasteiger partial charge in [-0.2, -0.15) is 0 Å². The van der Waals surface area contributed by atoms with Gasteiger partial charge in [-0.25, -0.2) is 14.4 Å². The highest BCUT2D eigenvalue weighted by Crippen LogP contribution is 2.25. The van der Waals surface area contributed by atoms with Crippen LogP contribution in [0.1, 0.15) is 10.4 Å². The summed E-state index contributed by atoms with van der Waals surface area (Å²) in [6.07, 6.45) is 3.28. The van der Waals surface area contributed by atoms with Crippen molar-refractivity contribution in [3.05, 3.63) is 90.6 Å². The standard InChI is InChI=1S/C21H15FN4O/c22-15-4-1-3-14(11-15)21(27)26-17-9-7-16(8-10-17)25-20-6-2-5-19-18(20)12-23-13-24-19/h1-13,25H,(H,26,27). The van der Waals surface area contributed by atoms with Crippen LogP contribution in [0.2, 0.25) is 0 Å². The molecule has 0 radical (unpaired) electrons.